The molecule has 6 rings (SSSR count). The van der Waals surface area contributed by atoms with Gasteiger partial charge < -0.3 is 9.88 Å². The zero-order valence-corrected chi connectivity index (χ0v) is 24.8. The van der Waals surface area contributed by atoms with Gasteiger partial charge in [0.25, 0.3) is 0 Å². The van der Waals surface area contributed by atoms with Crippen LogP contribution in [0, 0.1) is 12.8 Å². The van der Waals surface area contributed by atoms with Crippen molar-refractivity contribution in [2.24, 2.45) is 5.92 Å². The van der Waals surface area contributed by atoms with E-state index in [4.69, 9.17) is 4.98 Å². The van der Waals surface area contributed by atoms with Crippen LogP contribution in [0.1, 0.15) is 75.8 Å². The van der Waals surface area contributed by atoms with E-state index in [0.29, 0.717) is 16.9 Å². The highest BCUT2D eigenvalue weighted by atomic mass is 32.2. The van der Waals surface area contributed by atoms with E-state index in [-0.39, 0.29) is 0 Å². The summed E-state index contributed by atoms with van der Waals surface area (Å²) in [5.74, 6) is 2.34. The SMILES string of the molecule is CCC1CC(N2CCC(c3cc(C)c4nc(-c5ccc(S(C)(=O)=O)cc5)[nH]c4c3)CC2)CC(C)N1CC1CC1. The minimum Gasteiger partial charge on any atom is -0.338 e. The summed E-state index contributed by atoms with van der Waals surface area (Å²) in [6, 6.07) is 13.8. The van der Waals surface area contributed by atoms with Gasteiger partial charge in [-0.2, -0.15) is 0 Å². The highest BCUT2D eigenvalue weighted by molar-refractivity contribution is 7.90. The predicted octanol–water partition coefficient (Wildman–Crippen LogP) is 6.16. The van der Waals surface area contributed by atoms with E-state index in [0.717, 1.165) is 40.4 Å². The largest absolute Gasteiger partial charge is 0.338 e. The Morgan fingerprint density at radius 2 is 1.74 bits per heavy atom. The summed E-state index contributed by atoms with van der Waals surface area (Å²) >= 11 is 0. The van der Waals surface area contributed by atoms with E-state index in [1.165, 1.54) is 82.0 Å². The van der Waals surface area contributed by atoms with Gasteiger partial charge >= 0.3 is 0 Å². The van der Waals surface area contributed by atoms with Crippen LogP contribution in [0.3, 0.4) is 0 Å². The number of fused-ring (bicyclic) bond motifs is 1. The molecule has 1 saturated carbocycles. The number of hydrogen-bond donors (Lipinski definition) is 1. The number of imidazole rings is 1. The molecule has 1 aliphatic carbocycles. The summed E-state index contributed by atoms with van der Waals surface area (Å²) in [6.07, 6.45) is 10.5. The van der Waals surface area contributed by atoms with Crippen LogP contribution in [0.15, 0.2) is 41.3 Å². The van der Waals surface area contributed by atoms with Crippen molar-refractivity contribution in [3.8, 4) is 11.4 Å². The smallest absolute Gasteiger partial charge is 0.175 e. The van der Waals surface area contributed by atoms with Crippen LogP contribution in [0.5, 0.6) is 0 Å². The first-order valence-electron chi connectivity index (χ1n) is 15.0. The Kier molecular flexibility index (Phi) is 7.36. The number of aryl methyl sites for hydroxylation is 1. The molecule has 3 fully saturated rings. The average molecular weight is 549 g/mol. The summed E-state index contributed by atoms with van der Waals surface area (Å²) in [7, 11) is -3.21. The van der Waals surface area contributed by atoms with Crippen molar-refractivity contribution in [1.82, 2.24) is 19.8 Å². The van der Waals surface area contributed by atoms with Crippen LogP contribution in [0.25, 0.3) is 22.4 Å². The Bertz CT molecular complexity index is 1420. The molecule has 2 aliphatic heterocycles. The average Bonchev–Trinajstić information content (AvgIpc) is 3.64. The molecule has 3 aliphatic rings. The topological polar surface area (TPSA) is 69.3 Å². The molecule has 2 saturated heterocycles. The number of nitrogens with one attached hydrogen (secondary N) is 1. The third-order valence-corrected chi connectivity index (χ3v) is 10.8. The lowest BCUT2D eigenvalue weighted by molar-refractivity contribution is 0.0149. The molecule has 0 amide bonds. The van der Waals surface area contributed by atoms with Crippen molar-refractivity contribution in [2.45, 2.75) is 94.7 Å². The fraction of sp³-hybridized carbons (Fsp3) is 0.594. The van der Waals surface area contributed by atoms with E-state index >= 15 is 0 Å². The lowest BCUT2D eigenvalue weighted by Gasteiger charge is -2.48. The Morgan fingerprint density at radius 1 is 1.03 bits per heavy atom. The summed E-state index contributed by atoms with van der Waals surface area (Å²) in [6.45, 7) is 10.7. The van der Waals surface area contributed by atoms with E-state index in [1.54, 1.807) is 12.1 Å². The standard InChI is InChI=1S/C32H44N4O2S/c1-5-27-19-28(17-22(3)36(27)20-23-6-7-23)35-14-12-24(13-15-35)26-16-21(2)31-30(18-26)33-32(34-31)25-8-10-29(11-9-25)39(4,37)38/h8-11,16,18,22-24,27-28H,5-7,12-15,17,19-20H2,1-4H3,(H,33,34). The lowest BCUT2D eigenvalue weighted by Crippen LogP contribution is -2.55. The zero-order valence-electron chi connectivity index (χ0n) is 24.0. The van der Waals surface area contributed by atoms with Crippen molar-refractivity contribution >= 4 is 20.9 Å². The van der Waals surface area contributed by atoms with Gasteiger partial charge in [-0.1, -0.05) is 13.0 Å². The zero-order chi connectivity index (χ0) is 27.3. The van der Waals surface area contributed by atoms with Crippen LogP contribution < -0.4 is 0 Å². The molecule has 0 radical (unpaired) electrons. The first-order chi connectivity index (χ1) is 18.7. The minimum absolute atomic E-state index is 0.329. The molecule has 1 N–H and O–H groups in total. The molecule has 1 aromatic heterocycles. The van der Waals surface area contributed by atoms with Gasteiger partial charge in [0.05, 0.1) is 15.9 Å². The maximum atomic E-state index is 11.8. The fourth-order valence-corrected chi connectivity index (χ4v) is 7.84. The van der Waals surface area contributed by atoms with E-state index in [9.17, 15) is 8.42 Å². The molecule has 0 spiro atoms. The number of aromatic nitrogens is 2. The summed E-state index contributed by atoms with van der Waals surface area (Å²) in [5, 5.41) is 0. The highest BCUT2D eigenvalue weighted by Crippen LogP contribution is 2.38. The second-order valence-electron chi connectivity index (χ2n) is 12.6. The fourth-order valence-electron chi connectivity index (χ4n) is 7.21. The van der Waals surface area contributed by atoms with Crippen molar-refractivity contribution in [1.29, 1.82) is 0 Å². The second kappa shape index (κ2) is 10.6. The van der Waals surface area contributed by atoms with Gasteiger partial charge in [0.1, 0.15) is 5.82 Å². The Labute approximate surface area is 234 Å². The van der Waals surface area contributed by atoms with Gasteiger partial charge in [0.15, 0.2) is 9.84 Å². The Morgan fingerprint density at radius 3 is 2.38 bits per heavy atom. The van der Waals surface area contributed by atoms with Crippen molar-refractivity contribution in [2.75, 3.05) is 25.9 Å². The molecule has 0 bridgehead atoms. The molecular formula is C32H44N4O2S. The van der Waals surface area contributed by atoms with Crippen molar-refractivity contribution in [3.05, 3.63) is 47.5 Å². The lowest BCUT2D eigenvalue weighted by atomic mass is 9.84. The van der Waals surface area contributed by atoms with E-state index in [1.807, 2.05) is 12.1 Å². The first kappa shape index (κ1) is 27.0. The maximum Gasteiger partial charge on any atom is 0.175 e. The molecule has 6 nitrogen and oxygen atoms in total. The Hall–Kier alpha value is -2.22. The number of nitrogens with zero attached hydrogens (tertiary/aromatic N) is 3. The monoisotopic (exact) mass is 548 g/mol. The predicted molar refractivity (Wildman–Crippen MR) is 159 cm³/mol. The molecule has 3 unspecified atom stereocenters. The van der Waals surface area contributed by atoms with Crippen molar-refractivity contribution in [3.63, 3.8) is 0 Å². The number of piperidine rings is 2. The summed E-state index contributed by atoms with van der Waals surface area (Å²) in [5.41, 5.74) is 5.58. The van der Waals surface area contributed by atoms with Gasteiger partial charge in [0.2, 0.25) is 0 Å². The van der Waals surface area contributed by atoms with Gasteiger partial charge in [-0.25, -0.2) is 13.4 Å². The molecule has 39 heavy (non-hydrogen) atoms. The number of benzene rings is 2. The molecule has 7 heteroatoms. The van der Waals surface area contributed by atoms with Crippen LogP contribution in [0.4, 0.5) is 0 Å². The van der Waals surface area contributed by atoms with Crippen LogP contribution >= 0.6 is 0 Å². The molecule has 2 aromatic carbocycles. The number of rotatable bonds is 7. The van der Waals surface area contributed by atoms with Crippen LogP contribution in [0.2, 0.25) is 0 Å². The number of H-pyrrole nitrogens is 1. The van der Waals surface area contributed by atoms with Gasteiger partial charge in [-0.15, -0.1) is 0 Å². The third kappa shape index (κ3) is 5.68. The molecule has 3 atom stereocenters. The summed E-state index contributed by atoms with van der Waals surface area (Å²) < 4.78 is 23.7. The molecule has 210 valence electrons. The number of likely N-dealkylation sites (tertiary alicyclic amines) is 2. The Balaban J connectivity index is 1.13. The van der Waals surface area contributed by atoms with Gasteiger partial charge in [-0.05, 0) is 125 Å². The van der Waals surface area contributed by atoms with Crippen molar-refractivity contribution < 1.29 is 8.42 Å². The minimum atomic E-state index is -3.21. The quantitative estimate of drug-likeness (QED) is 0.383. The van der Waals surface area contributed by atoms with Crippen LogP contribution in [-0.4, -0.2) is 72.2 Å². The number of aromatic amines is 1. The molecule has 3 aromatic rings. The summed E-state index contributed by atoms with van der Waals surface area (Å²) in [4.78, 5) is 14.4. The number of sulfone groups is 1. The van der Waals surface area contributed by atoms with E-state index in [2.05, 4.69) is 47.7 Å². The molecular weight excluding hydrogens is 504 g/mol. The number of hydrogen-bond acceptors (Lipinski definition) is 5. The van der Waals surface area contributed by atoms with Gasteiger partial charge in [-0.3, -0.25) is 4.90 Å². The molecule has 3 heterocycles. The highest BCUT2D eigenvalue weighted by Gasteiger charge is 2.38. The van der Waals surface area contributed by atoms with E-state index < -0.39 is 9.84 Å². The normalized spacial score (nSPS) is 25.9. The third-order valence-electron chi connectivity index (χ3n) is 9.70. The maximum absolute atomic E-state index is 11.8. The van der Waals surface area contributed by atoms with Crippen LogP contribution in [-0.2, 0) is 9.84 Å². The van der Waals surface area contributed by atoms with Gasteiger partial charge in [0, 0.05) is 36.5 Å². The first-order valence-corrected chi connectivity index (χ1v) is 16.9. The second-order valence-corrected chi connectivity index (χ2v) is 14.6.